The van der Waals surface area contributed by atoms with Gasteiger partial charge >= 0.3 is 0 Å². The first kappa shape index (κ1) is 15.2. The van der Waals surface area contributed by atoms with Crippen LogP contribution in [0.25, 0.3) is 11.0 Å². The van der Waals surface area contributed by atoms with Gasteiger partial charge in [-0.15, -0.1) is 0 Å². The second kappa shape index (κ2) is 7.05. The minimum absolute atomic E-state index is 0.0816. The number of aromatic amines is 1. The van der Waals surface area contributed by atoms with Crippen LogP contribution in [0, 0.1) is 0 Å². The molecular weight excluding hydrogens is 300 g/mol. The van der Waals surface area contributed by atoms with E-state index in [4.69, 9.17) is 9.47 Å². The van der Waals surface area contributed by atoms with Gasteiger partial charge in [-0.2, -0.15) is 0 Å². The molecule has 0 bridgehead atoms. The van der Waals surface area contributed by atoms with Crippen LogP contribution in [0.3, 0.4) is 0 Å². The third kappa shape index (κ3) is 3.44. The molecule has 1 unspecified atom stereocenters. The van der Waals surface area contributed by atoms with E-state index in [-0.39, 0.29) is 6.29 Å². The van der Waals surface area contributed by atoms with Gasteiger partial charge in [-0.25, -0.2) is 4.98 Å². The van der Waals surface area contributed by atoms with Crippen molar-refractivity contribution >= 4 is 11.0 Å². The smallest absolute Gasteiger partial charge is 0.199 e. The largest absolute Gasteiger partial charge is 0.465 e. The molecule has 0 amide bonds. The molecule has 1 aliphatic rings. The van der Waals surface area contributed by atoms with Crippen molar-refractivity contribution in [1.29, 1.82) is 0 Å². The molecule has 124 valence electrons. The number of rotatable bonds is 5. The highest BCUT2D eigenvalue weighted by molar-refractivity contribution is 5.78. The normalized spacial score (nSPS) is 17.9. The average molecular weight is 322 g/mol. The monoisotopic (exact) mass is 322 g/mol. The van der Waals surface area contributed by atoms with Gasteiger partial charge in [-0.3, -0.25) is 0 Å². The van der Waals surface area contributed by atoms with Crippen LogP contribution in [0.2, 0.25) is 0 Å². The molecule has 0 aliphatic carbocycles. The fraction of sp³-hybridized carbons (Fsp3) is 0.350. The van der Waals surface area contributed by atoms with Gasteiger partial charge in [0.15, 0.2) is 6.29 Å². The van der Waals surface area contributed by atoms with Crippen molar-refractivity contribution in [1.82, 2.24) is 9.97 Å². The van der Waals surface area contributed by atoms with Crippen molar-refractivity contribution < 1.29 is 9.47 Å². The molecule has 1 fully saturated rings. The van der Waals surface area contributed by atoms with E-state index in [1.54, 1.807) is 6.33 Å². The summed E-state index contributed by atoms with van der Waals surface area (Å²) in [6.07, 6.45) is 6.95. The van der Waals surface area contributed by atoms with Crippen molar-refractivity contribution in [2.24, 2.45) is 0 Å². The first-order valence-electron chi connectivity index (χ1n) is 8.67. The van der Waals surface area contributed by atoms with E-state index in [1.807, 2.05) is 12.1 Å². The molecular formula is C20H22N2O2. The van der Waals surface area contributed by atoms with Gasteiger partial charge in [0.2, 0.25) is 0 Å². The van der Waals surface area contributed by atoms with Gasteiger partial charge in [0, 0.05) is 6.42 Å². The fourth-order valence-corrected chi connectivity index (χ4v) is 3.20. The zero-order valence-electron chi connectivity index (χ0n) is 13.7. The van der Waals surface area contributed by atoms with Gasteiger partial charge in [-0.05, 0) is 55.0 Å². The van der Waals surface area contributed by atoms with Gasteiger partial charge in [0.25, 0.3) is 0 Å². The van der Waals surface area contributed by atoms with Crippen molar-refractivity contribution in [3.8, 4) is 5.75 Å². The highest BCUT2D eigenvalue weighted by Crippen LogP contribution is 2.21. The number of nitrogens with one attached hydrogen (secondary N) is 1. The Labute approximate surface area is 141 Å². The number of benzene rings is 2. The number of aryl methyl sites for hydroxylation is 2. The summed E-state index contributed by atoms with van der Waals surface area (Å²) < 4.78 is 11.5. The minimum atomic E-state index is -0.0816. The Balaban J connectivity index is 1.37. The average Bonchev–Trinajstić information content (AvgIpc) is 3.11. The number of hydrogen-bond acceptors (Lipinski definition) is 3. The quantitative estimate of drug-likeness (QED) is 0.764. The SMILES string of the molecule is c1cc(CCc2ccc(OC3CCCCO3)cc2)c2nc[nH]c2c1. The molecule has 4 nitrogen and oxygen atoms in total. The van der Waals surface area contributed by atoms with Crippen LogP contribution in [-0.2, 0) is 17.6 Å². The Morgan fingerprint density at radius 2 is 2.00 bits per heavy atom. The Morgan fingerprint density at radius 1 is 1.08 bits per heavy atom. The van der Waals surface area contributed by atoms with Crippen molar-refractivity contribution in [2.75, 3.05) is 6.61 Å². The summed E-state index contributed by atoms with van der Waals surface area (Å²) in [5, 5.41) is 0. The van der Waals surface area contributed by atoms with E-state index in [1.165, 1.54) is 17.5 Å². The van der Waals surface area contributed by atoms with E-state index in [0.29, 0.717) is 0 Å². The number of fused-ring (bicyclic) bond motifs is 1. The van der Waals surface area contributed by atoms with Gasteiger partial charge in [0.1, 0.15) is 5.75 Å². The summed E-state index contributed by atoms with van der Waals surface area (Å²) in [6, 6.07) is 14.7. The standard InChI is InChI=1S/C20H22N2O2/c1-2-13-23-19(6-1)24-17-11-8-15(9-12-17)7-10-16-4-3-5-18-20(16)22-14-21-18/h3-5,8-9,11-12,14,19H,1-2,6-7,10,13H2,(H,21,22). The summed E-state index contributed by atoms with van der Waals surface area (Å²) in [6.45, 7) is 0.807. The number of hydrogen-bond donors (Lipinski definition) is 1. The van der Waals surface area contributed by atoms with E-state index < -0.39 is 0 Å². The predicted octanol–water partition coefficient (Wildman–Crippen LogP) is 4.25. The molecule has 1 N–H and O–H groups in total. The number of imidazole rings is 1. The molecule has 0 saturated carbocycles. The van der Waals surface area contributed by atoms with Crippen LogP contribution >= 0.6 is 0 Å². The maximum atomic E-state index is 5.88. The molecule has 24 heavy (non-hydrogen) atoms. The lowest BCUT2D eigenvalue weighted by atomic mass is 10.0. The first-order chi connectivity index (χ1) is 11.9. The Bertz CT molecular complexity index is 789. The Hall–Kier alpha value is -2.33. The van der Waals surface area contributed by atoms with Crippen molar-refractivity contribution in [3.05, 3.63) is 59.9 Å². The number of H-pyrrole nitrogens is 1. The first-order valence-corrected chi connectivity index (χ1v) is 8.67. The lowest BCUT2D eigenvalue weighted by molar-refractivity contribution is -0.105. The molecule has 4 rings (SSSR count). The highest BCUT2D eigenvalue weighted by atomic mass is 16.7. The molecule has 1 aliphatic heterocycles. The molecule has 1 saturated heterocycles. The molecule has 1 atom stereocenters. The molecule has 1 aromatic heterocycles. The maximum absolute atomic E-state index is 5.88. The van der Waals surface area contributed by atoms with Gasteiger partial charge in [0.05, 0.1) is 24.0 Å². The summed E-state index contributed by atoms with van der Waals surface area (Å²) in [4.78, 5) is 7.59. The van der Waals surface area contributed by atoms with Crippen LogP contribution in [-0.4, -0.2) is 22.9 Å². The van der Waals surface area contributed by atoms with Gasteiger partial charge in [-0.1, -0.05) is 24.3 Å². The molecule has 0 radical (unpaired) electrons. The highest BCUT2D eigenvalue weighted by Gasteiger charge is 2.15. The van der Waals surface area contributed by atoms with Crippen molar-refractivity contribution in [3.63, 3.8) is 0 Å². The number of para-hydroxylation sites is 1. The van der Waals surface area contributed by atoms with E-state index in [9.17, 15) is 0 Å². The van der Waals surface area contributed by atoms with Crippen LogP contribution in [0.4, 0.5) is 0 Å². The lowest BCUT2D eigenvalue weighted by Crippen LogP contribution is -2.24. The summed E-state index contributed by atoms with van der Waals surface area (Å²) in [5.74, 6) is 0.889. The lowest BCUT2D eigenvalue weighted by Gasteiger charge is -2.23. The van der Waals surface area contributed by atoms with Gasteiger partial charge < -0.3 is 14.5 Å². The van der Waals surface area contributed by atoms with E-state index in [2.05, 4.69) is 40.3 Å². The second-order valence-corrected chi connectivity index (χ2v) is 6.27. The summed E-state index contributed by atoms with van der Waals surface area (Å²) in [7, 11) is 0. The molecule has 0 spiro atoms. The van der Waals surface area contributed by atoms with Crippen LogP contribution in [0.5, 0.6) is 5.75 Å². The molecule has 4 heteroatoms. The topological polar surface area (TPSA) is 47.1 Å². The number of nitrogens with zero attached hydrogens (tertiary/aromatic N) is 1. The Kier molecular flexibility index (Phi) is 4.47. The third-order valence-electron chi connectivity index (χ3n) is 4.55. The number of aromatic nitrogens is 2. The molecule has 3 aromatic rings. The molecule has 2 aromatic carbocycles. The summed E-state index contributed by atoms with van der Waals surface area (Å²) >= 11 is 0. The maximum Gasteiger partial charge on any atom is 0.199 e. The summed E-state index contributed by atoms with van der Waals surface area (Å²) in [5.41, 5.74) is 4.76. The van der Waals surface area contributed by atoms with Crippen molar-refractivity contribution in [2.45, 2.75) is 38.4 Å². The van der Waals surface area contributed by atoms with Crippen LogP contribution in [0.15, 0.2) is 48.8 Å². The fourth-order valence-electron chi connectivity index (χ4n) is 3.20. The van der Waals surface area contributed by atoms with E-state index >= 15 is 0 Å². The predicted molar refractivity (Wildman–Crippen MR) is 94.2 cm³/mol. The Morgan fingerprint density at radius 3 is 2.83 bits per heavy atom. The second-order valence-electron chi connectivity index (χ2n) is 6.27. The third-order valence-corrected chi connectivity index (χ3v) is 4.55. The van der Waals surface area contributed by atoms with E-state index in [0.717, 1.165) is 49.1 Å². The minimum Gasteiger partial charge on any atom is -0.465 e. The number of ether oxygens (including phenoxy) is 2. The van der Waals surface area contributed by atoms with Crippen LogP contribution < -0.4 is 4.74 Å². The van der Waals surface area contributed by atoms with Crippen LogP contribution in [0.1, 0.15) is 30.4 Å². The zero-order valence-corrected chi connectivity index (χ0v) is 13.7. The zero-order chi connectivity index (χ0) is 16.2. The molecule has 2 heterocycles.